The lowest BCUT2D eigenvalue weighted by atomic mass is 9.92. The minimum atomic E-state index is -0.113. The van der Waals surface area contributed by atoms with Crippen molar-refractivity contribution in [1.82, 2.24) is 0 Å². The van der Waals surface area contributed by atoms with Gasteiger partial charge in [0.15, 0.2) is 0 Å². The number of hydrogen-bond donors (Lipinski definition) is 0. The third-order valence-corrected chi connectivity index (χ3v) is 3.93. The zero-order chi connectivity index (χ0) is 15.2. The van der Waals surface area contributed by atoms with Crippen LogP contribution in [0.3, 0.4) is 0 Å². The topological polar surface area (TPSA) is 26.3 Å². The van der Waals surface area contributed by atoms with Crippen molar-refractivity contribution < 1.29 is 9.32 Å². The first kappa shape index (κ1) is 19.6. The third kappa shape index (κ3) is 10.4. The average Bonchev–Trinajstić information content (AvgIpc) is 2.46. The summed E-state index contributed by atoms with van der Waals surface area (Å²) in [5, 5.41) is 0. The third-order valence-electron chi connectivity index (χ3n) is 3.66. The van der Waals surface area contributed by atoms with Crippen LogP contribution in [0.5, 0.6) is 0 Å². The molecule has 3 heteroatoms. The largest absolute Gasteiger partial charge is 0.451 e. The Morgan fingerprint density at radius 2 is 1.60 bits per heavy atom. The smallest absolute Gasteiger partial charge is 0.308 e. The SMILES string of the molecule is CCCCC(=CC(CCCC)CC(=O)OP)CCCC. The molecule has 0 saturated carbocycles. The molecule has 0 aliphatic heterocycles. The summed E-state index contributed by atoms with van der Waals surface area (Å²) in [6, 6.07) is 0. The normalized spacial score (nSPS) is 12.0. The molecule has 0 N–H and O–H groups in total. The molecule has 0 aromatic rings. The maximum Gasteiger partial charge on any atom is 0.308 e. The van der Waals surface area contributed by atoms with E-state index in [1.165, 1.54) is 51.4 Å². The molecule has 0 amide bonds. The molecular weight excluding hydrogens is 267 g/mol. The van der Waals surface area contributed by atoms with E-state index >= 15 is 0 Å². The van der Waals surface area contributed by atoms with Gasteiger partial charge in [0.05, 0.1) is 15.9 Å². The standard InChI is InChI=1S/C17H33O2P/c1-4-7-10-15(11-8-5-2)13-16(12-9-6-3)14-17(18)19-20/h13,16H,4-12,14,20H2,1-3H3. The Morgan fingerprint density at radius 1 is 1.05 bits per heavy atom. The summed E-state index contributed by atoms with van der Waals surface area (Å²) in [6.45, 7) is 6.67. The van der Waals surface area contributed by atoms with E-state index in [1.807, 2.05) is 0 Å². The van der Waals surface area contributed by atoms with Gasteiger partial charge in [-0.2, -0.15) is 0 Å². The molecule has 0 aromatic carbocycles. The Hall–Kier alpha value is -0.360. The molecule has 0 heterocycles. The molecule has 20 heavy (non-hydrogen) atoms. The highest BCUT2D eigenvalue weighted by Gasteiger charge is 2.13. The highest BCUT2D eigenvalue weighted by molar-refractivity contribution is 7.10. The van der Waals surface area contributed by atoms with E-state index < -0.39 is 0 Å². The average molecular weight is 300 g/mol. The Kier molecular flexibility index (Phi) is 13.4. The van der Waals surface area contributed by atoms with E-state index in [9.17, 15) is 4.79 Å². The molecule has 0 aromatic heterocycles. The molecule has 0 fully saturated rings. The second-order valence-electron chi connectivity index (χ2n) is 5.63. The van der Waals surface area contributed by atoms with E-state index in [0.717, 1.165) is 6.42 Å². The van der Waals surface area contributed by atoms with Crippen LogP contribution in [0, 0.1) is 5.92 Å². The fourth-order valence-electron chi connectivity index (χ4n) is 2.41. The molecular formula is C17H33O2P. The number of allylic oxidation sites excluding steroid dienone is 2. The summed E-state index contributed by atoms with van der Waals surface area (Å²) in [5.41, 5.74) is 1.55. The highest BCUT2D eigenvalue weighted by Crippen LogP contribution is 2.23. The van der Waals surface area contributed by atoms with Crippen LogP contribution >= 0.6 is 9.47 Å². The van der Waals surface area contributed by atoms with Gasteiger partial charge in [-0.1, -0.05) is 58.1 Å². The monoisotopic (exact) mass is 300 g/mol. The quantitative estimate of drug-likeness (QED) is 0.335. The summed E-state index contributed by atoms with van der Waals surface area (Å²) in [5.74, 6) is 0.240. The number of unbranched alkanes of at least 4 members (excludes halogenated alkanes) is 3. The lowest BCUT2D eigenvalue weighted by Crippen LogP contribution is -2.07. The zero-order valence-corrected chi connectivity index (χ0v) is 14.8. The van der Waals surface area contributed by atoms with Crippen LogP contribution in [-0.2, 0) is 9.32 Å². The first-order valence-corrected chi connectivity index (χ1v) is 8.74. The summed E-state index contributed by atoms with van der Waals surface area (Å²) in [7, 11) is 2.07. The minimum absolute atomic E-state index is 0.113. The lowest BCUT2D eigenvalue weighted by molar-refractivity contribution is -0.133. The molecule has 0 spiro atoms. The van der Waals surface area contributed by atoms with E-state index in [-0.39, 0.29) is 5.97 Å². The van der Waals surface area contributed by atoms with Gasteiger partial charge in [0.25, 0.3) is 0 Å². The van der Waals surface area contributed by atoms with Crippen LogP contribution in [0.2, 0.25) is 0 Å². The molecule has 2 nitrogen and oxygen atoms in total. The van der Waals surface area contributed by atoms with Gasteiger partial charge in [0, 0.05) is 0 Å². The number of rotatable bonds is 12. The van der Waals surface area contributed by atoms with Gasteiger partial charge in [0.1, 0.15) is 0 Å². The van der Waals surface area contributed by atoms with Crippen molar-refractivity contribution in [2.75, 3.05) is 0 Å². The van der Waals surface area contributed by atoms with Crippen LogP contribution in [0.25, 0.3) is 0 Å². The Morgan fingerprint density at radius 3 is 2.05 bits per heavy atom. The maximum atomic E-state index is 11.5. The number of carbonyl (C=O) groups excluding carboxylic acids is 1. The molecule has 0 radical (unpaired) electrons. The van der Waals surface area contributed by atoms with Crippen molar-refractivity contribution in [3.8, 4) is 0 Å². The van der Waals surface area contributed by atoms with Crippen LogP contribution in [0.15, 0.2) is 11.6 Å². The first-order valence-electron chi connectivity index (χ1n) is 8.26. The van der Waals surface area contributed by atoms with Crippen LogP contribution in [-0.4, -0.2) is 5.97 Å². The molecule has 2 atom stereocenters. The summed E-state index contributed by atoms with van der Waals surface area (Å²) in [6.07, 6.45) is 13.7. The van der Waals surface area contributed by atoms with Crippen LogP contribution < -0.4 is 0 Å². The minimum Gasteiger partial charge on any atom is -0.451 e. The van der Waals surface area contributed by atoms with Crippen molar-refractivity contribution >= 4 is 15.4 Å². The molecule has 0 bridgehead atoms. The van der Waals surface area contributed by atoms with E-state index in [1.54, 1.807) is 5.57 Å². The van der Waals surface area contributed by atoms with Gasteiger partial charge in [-0.05, 0) is 38.0 Å². The summed E-state index contributed by atoms with van der Waals surface area (Å²) >= 11 is 0. The van der Waals surface area contributed by atoms with Crippen LogP contribution in [0.1, 0.15) is 85.0 Å². The van der Waals surface area contributed by atoms with Gasteiger partial charge >= 0.3 is 5.97 Å². The summed E-state index contributed by atoms with van der Waals surface area (Å²) in [4.78, 5) is 11.5. The number of carbonyl (C=O) groups is 1. The molecule has 0 rings (SSSR count). The van der Waals surface area contributed by atoms with Crippen LogP contribution in [0.4, 0.5) is 0 Å². The Labute approximate surface area is 128 Å². The van der Waals surface area contributed by atoms with Gasteiger partial charge in [-0.3, -0.25) is 4.79 Å². The maximum absolute atomic E-state index is 11.5. The summed E-state index contributed by atoms with van der Waals surface area (Å²) < 4.78 is 4.75. The van der Waals surface area contributed by atoms with Crippen molar-refractivity contribution in [2.45, 2.75) is 85.0 Å². The lowest BCUT2D eigenvalue weighted by Gasteiger charge is -2.15. The van der Waals surface area contributed by atoms with Crippen molar-refractivity contribution in [3.05, 3.63) is 11.6 Å². The Bertz CT molecular complexity index is 264. The van der Waals surface area contributed by atoms with E-state index in [0.29, 0.717) is 12.3 Å². The number of hydrogen-bond acceptors (Lipinski definition) is 2. The van der Waals surface area contributed by atoms with Crippen molar-refractivity contribution in [1.29, 1.82) is 0 Å². The fourth-order valence-corrected chi connectivity index (χ4v) is 2.50. The van der Waals surface area contributed by atoms with Crippen molar-refractivity contribution in [2.24, 2.45) is 5.92 Å². The highest BCUT2D eigenvalue weighted by atomic mass is 31.0. The fraction of sp³-hybridized carbons (Fsp3) is 0.824. The molecule has 2 unspecified atom stereocenters. The van der Waals surface area contributed by atoms with Gasteiger partial charge in [0.2, 0.25) is 0 Å². The zero-order valence-electron chi connectivity index (χ0n) is 13.6. The molecule has 0 aliphatic carbocycles. The molecule has 118 valence electrons. The van der Waals surface area contributed by atoms with Gasteiger partial charge < -0.3 is 4.52 Å². The Balaban J connectivity index is 4.66. The predicted molar refractivity (Wildman–Crippen MR) is 90.6 cm³/mol. The second-order valence-corrected chi connectivity index (χ2v) is 5.86. The van der Waals surface area contributed by atoms with Gasteiger partial charge in [-0.15, -0.1) is 0 Å². The van der Waals surface area contributed by atoms with Gasteiger partial charge in [-0.25, -0.2) is 0 Å². The van der Waals surface area contributed by atoms with E-state index in [2.05, 4.69) is 36.3 Å². The predicted octanol–water partition coefficient (Wildman–Crippen LogP) is 5.82. The van der Waals surface area contributed by atoms with E-state index in [4.69, 9.17) is 4.52 Å². The molecule has 0 aliphatic rings. The van der Waals surface area contributed by atoms with Crippen molar-refractivity contribution in [3.63, 3.8) is 0 Å². The second kappa shape index (κ2) is 13.6. The first-order chi connectivity index (χ1) is 9.67. The molecule has 0 saturated heterocycles.